The number of hydrogen-bond acceptors (Lipinski definition) is 6. The van der Waals surface area contributed by atoms with Crippen LogP contribution in [0.3, 0.4) is 0 Å². The zero-order valence-corrected chi connectivity index (χ0v) is 15.9. The maximum Gasteiger partial charge on any atom is 0.213 e. The fraction of sp³-hybridized carbons (Fsp3) is 1.00. The van der Waals surface area contributed by atoms with Crippen LogP contribution in [0.15, 0.2) is 0 Å². The van der Waals surface area contributed by atoms with E-state index in [-0.39, 0.29) is 22.9 Å². The minimum atomic E-state index is -3.31. The zero-order valence-electron chi connectivity index (χ0n) is 13.5. The number of rotatable bonds is 3. The molecule has 140 valence electrons. The summed E-state index contributed by atoms with van der Waals surface area (Å²) in [5.74, 6) is 0. The van der Waals surface area contributed by atoms with Crippen molar-refractivity contribution in [2.45, 2.75) is 43.1 Å². The maximum atomic E-state index is 11.0. The van der Waals surface area contributed by atoms with Gasteiger partial charge in [0.1, 0.15) is 0 Å². The summed E-state index contributed by atoms with van der Waals surface area (Å²) in [6.07, 6.45) is 3.26. The standard InChI is InChI=1S/C7H16N2O2S.C5H12N2O2S.ClH/c1-2-9-5-3-4-7(6-9)12(8,10)11;6-10(8,9)5-2-1-3-7-4-5;/h7H,2-6H2,1H3,(H2,8,10,11);5,7H,1-4H2,(H2,6,8,9);1H. The van der Waals surface area contributed by atoms with Crippen LogP contribution in [0.25, 0.3) is 0 Å². The highest BCUT2D eigenvalue weighted by molar-refractivity contribution is 7.90. The lowest BCUT2D eigenvalue weighted by Gasteiger charge is -2.30. The van der Waals surface area contributed by atoms with Crippen LogP contribution in [0.2, 0.25) is 0 Å². The Bertz CT molecular complexity index is 535. The van der Waals surface area contributed by atoms with Gasteiger partial charge in [-0.25, -0.2) is 27.1 Å². The first-order valence-corrected chi connectivity index (χ1v) is 10.8. The number of piperidine rings is 2. The van der Waals surface area contributed by atoms with Gasteiger partial charge in [0, 0.05) is 13.1 Å². The molecule has 8 nitrogen and oxygen atoms in total. The van der Waals surface area contributed by atoms with Gasteiger partial charge < -0.3 is 10.2 Å². The molecule has 23 heavy (non-hydrogen) atoms. The lowest BCUT2D eigenvalue weighted by molar-refractivity contribution is 0.241. The summed E-state index contributed by atoms with van der Waals surface area (Å²) >= 11 is 0. The third-order valence-corrected chi connectivity index (χ3v) is 6.74. The van der Waals surface area contributed by atoms with E-state index >= 15 is 0 Å². The molecule has 0 aromatic carbocycles. The topological polar surface area (TPSA) is 136 Å². The van der Waals surface area contributed by atoms with E-state index in [0.29, 0.717) is 19.5 Å². The summed E-state index contributed by atoms with van der Waals surface area (Å²) in [7, 11) is -6.60. The van der Waals surface area contributed by atoms with Gasteiger partial charge in [-0.05, 0) is 45.3 Å². The van der Waals surface area contributed by atoms with Gasteiger partial charge in [-0.3, -0.25) is 0 Å². The van der Waals surface area contributed by atoms with Crippen LogP contribution in [-0.4, -0.2) is 65.0 Å². The Labute approximate surface area is 145 Å². The third kappa shape index (κ3) is 8.62. The molecule has 0 amide bonds. The first-order chi connectivity index (χ1) is 10.1. The predicted molar refractivity (Wildman–Crippen MR) is 94.5 cm³/mol. The molecule has 2 aliphatic rings. The molecule has 2 unspecified atom stereocenters. The van der Waals surface area contributed by atoms with Crippen molar-refractivity contribution in [2.75, 3.05) is 32.7 Å². The van der Waals surface area contributed by atoms with Crippen molar-refractivity contribution in [2.24, 2.45) is 10.3 Å². The zero-order chi connectivity index (χ0) is 16.8. The lowest BCUT2D eigenvalue weighted by atomic mass is 10.1. The van der Waals surface area contributed by atoms with Crippen LogP contribution < -0.4 is 15.6 Å². The highest BCUT2D eigenvalue weighted by Crippen LogP contribution is 2.14. The quantitative estimate of drug-likeness (QED) is 0.575. The Morgan fingerprint density at radius 2 is 1.61 bits per heavy atom. The molecular formula is C12H29ClN4O4S2. The average Bonchev–Trinajstić information content (AvgIpc) is 2.47. The second kappa shape index (κ2) is 10.1. The van der Waals surface area contributed by atoms with Crippen LogP contribution in [0.1, 0.15) is 32.6 Å². The molecule has 0 aromatic heterocycles. The van der Waals surface area contributed by atoms with Gasteiger partial charge in [-0.15, -0.1) is 12.4 Å². The summed E-state index contributed by atoms with van der Waals surface area (Å²) in [4.78, 5) is 2.12. The van der Waals surface area contributed by atoms with Gasteiger partial charge in [0.2, 0.25) is 20.0 Å². The number of sulfonamides is 2. The highest BCUT2D eigenvalue weighted by Gasteiger charge is 2.27. The molecule has 5 N–H and O–H groups in total. The summed E-state index contributed by atoms with van der Waals surface area (Å²) in [6.45, 7) is 5.97. The first-order valence-electron chi connectivity index (χ1n) is 7.61. The Morgan fingerprint density at radius 3 is 2.00 bits per heavy atom. The van der Waals surface area contributed by atoms with Crippen molar-refractivity contribution >= 4 is 32.5 Å². The monoisotopic (exact) mass is 392 g/mol. The highest BCUT2D eigenvalue weighted by atomic mass is 35.5. The van der Waals surface area contributed by atoms with E-state index in [0.717, 1.165) is 38.9 Å². The molecule has 0 spiro atoms. The smallest absolute Gasteiger partial charge is 0.213 e. The van der Waals surface area contributed by atoms with Gasteiger partial charge in [-0.1, -0.05) is 6.92 Å². The number of nitrogens with one attached hydrogen (secondary N) is 1. The number of nitrogens with two attached hydrogens (primary N) is 2. The fourth-order valence-corrected chi connectivity index (χ4v) is 4.43. The number of likely N-dealkylation sites (tertiary alicyclic amines) is 1. The molecule has 0 aliphatic carbocycles. The molecule has 2 aliphatic heterocycles. The van der Waals surface area contributed by atoms with Crippen molar-refractivity contribution < 1.29 is 16.8 Å². The molecule has 2 fully saturated rings. The minimum absolute atomic E-state index is 0. The Morgan fingerprint density at radius 1 is 1.04 bits per heavy atom. The van der Waals surface area contributed by atoms with Crippen LogP contribution in [0.4, 0.5) is 0 Å². The Hall–Kier alpha value is 0.0300. The predicted octanol–water partition coefficient (Wildman–Crippen LogP) is -0.792. The van der Waals surface area contributed by atoms with E-state index in [1.807, 2.05) is 6.92 Å². The van der Waals surface area contributed by atoms with Gasteiger partial charge >= 0.3 is 0 Å². The van der Waals surface area contributed by atoms with E-state index in [4.69, 9.17) is 10.3 Å². The van der Waals surface area contributed by atoms with Crippen molar-refractivity contribution in [3.63, 3.8) is 0 Å². The van der Waals surface area contributed by atoms with Gasteiger partial charge in [0.05, 0.1) is 10.5 Å². The van der Waals surface area contributed by atoms with E-state index in [1.165, 1.54) is 0 Å². The molecule has 0 aromatic rings. The summed E-state index contributed by atoms with van der Waals surface area (Å²) in [5.41, 5.74) is 0. The Kier molecular flexibility index (Phi) is 10.1. The molecule has 2 saturated heterocycles. The second-order valence-corrected chi connectivity index (χ2v) is 9.49. The van der Waals surface area contributed by atoms with Gasteiger partial charge in [0.25, 0.3) is 0 Å². The molecular weight excluding hydrogens is 364 g/mol. The molecule has 0 bridgehead atoms. The van der Waals surface area contributed by atoms with Crippen molar-refractivity contribution in [3.05, 3.63) is 0 Å². The van der Waals surface area contributed by atoms with Crippen LogP contribution in [0, 0.1) is 0 Å². The number of halogens is 1. The van der Waals surface area contributed by atoms with Crippen LogP contribution in [-0.2, 0) is 20.0 Å². The van der Waals surface area contributed by atoms with Crippen molar-refractivity contribution in [1.82, 2.24) is 10.2 Å². The minimum Gasteiger partial charge on any atom is -0.315 e. The molecule has 2 rings (SSSR count). The average molecular weight is 393 g/mol. The van der Waals surface area contributed by atoms with Crippen molar-refractivity contribution in [1.29, 1.82) is 0 Å². The molecule has 2 heterocycles. The van der Waals surface area contributed by atoms with Crippen molar-refractivity contribution in [3.8, 4) is 0 Å². The van der Waals surface area contributed by atoms with E-state index in [9.17, 15) is 16.8 Å². The SMILES string of the molecule is CCN1CCCC(S(N)(=O)=O)C1.Cl.NS(=O)(=O)C1CCCNC1. The van der Waals surface area contributed by atoms with Gasteiger partial charge in [0.15, 0.2) is 0 Å². The Balaban J connectivity index is 0.000000409. The van der Waals surface area contributed by atoms with Gasteiger partial charge in [-0.2, -0.15) is 0 Å². The van der Waals surface area contributed by atoms with Crippen LogP contribution in [0.5, 0.6) is 0 Å². The largest absolute Gasteiger partial charge is 0.315 e. The summed E-state index contributed by atoms with van der Waals surface area (Å²) in [5, 5.41) is 12.3. The maximum absolute atomic E-state index is 11.0. The first kappa shape index (κ1) is 23.0. The molecule has 11 heteroatoms. The molecule has 2 atom stereocenters. The van der Waals surface area contributed by atoms with E-state index in [1.54, 1.807) is 0 Å². The lowest BCUT2D eigenvalue weighted by Crippen LogP contribution is -2.44. The number of primary sulfonamides is 2. The third-order valence-electron chi connectivity index (χ3n) is 4.09. The summed E-state index contributed by atoms with van der Waals surface area (Å²) < 4.78 is 43.4. The molecule has 0 radical (unpaired) electrons. The number of nitrogens with zero attached hydrogens (tertiary/aromatic N) is 1. The van der Waals surface area contributed by atoms with E-state index in [2.05, 4.69) is 10.2 Å². The summed E-state index contributed by atoms with van der Waals surface area (Å²) in [6, 6.07) is 0. The molecule has 0 saturated carbocycles. The van der Waals surface area contributed by atoms with E-state index < -0.39 is 20.0 Å². The normalized spacial score (nSPS) is 26.6. The second-order valence-electron chi connectivity index (χ2n) is 5.80. The number of hydrogen-bond donors (Lipinski definition) is 3. The van der Waals surface area contributed by atoms with Crippen LogP contribution >= 0.6 is 12.4 Å². The fourth-order valence-electron chi connectivity index (χ4n) is 2.67.